The Labute approximate surface area is 118 Å². The van der Waals surface area contributed by atoms with Crippen LogP contribution in [0.4, 0.5) is 0 Å². The van der Waals surface area contributed by atoms with Gasteiger partial charge in [-0.2, -0.15) is 5.10 Å². The van der Waals surface area contributed by atoms with Gasteiger partial charge in [0.15, 0.2) is 0 Å². The van der Waals surface area contributed by atoms with Crippen LogP contribution in [0.3, 0.4) is 0 Å². The lowest BCUT2D eigenvalue weighted by molar-refractivity contribution is 0.0950. The summed E-state index contributed by atoms with van der Waals surface area (Å²) in [6.45, 7) is 4.43. The summed E-state index contributed by atoms with van der Waals surface area (Å²) in [5.41, 5.74) is 3.50. The van der Waals surface area contributed by atoms with E-state index >= 15 is 0 Å². The monoisotopic (exact) mass is 273 g/mol. The Bertz CT molecular complexity index is 605. The van der Waals surface area contributed by atoms with E-state index in [4.69, 9.17) is 0 Å². The summed E-state index contributed by atoms with van der Waals surface area (Å²) < 4.78 is 0. The highest BCUT2D eigenvalue weighted by atomic mass is 16.3. The van der Waals surface area contributed by atoms with Crippen LogP contribution in [0.5, 0.6) is 5.75 Å². The number of phenols is 1. The standard InChI is InChI=1S/C15H19N3O2/c1-10-5-6-14(19)13(8-10)15(20)16-7-3-4-12-9-17-18-11(12)2/h5-6,8-9,19H,3-4,7H2,1-2H3,(H,16,20)(H,17,18). The second-order valence-electron chi connectivity index (χ2n) is 4.90. The maximum atomic E-state index is 12.0. The molecule has 0 unspecified atom stereocenters. The molecule has 1 aromatic carbocycles. The van der Waals surface area contributed by atoms with Gasteiger partial charge < -0.3 is 10.4 Å². The average Bonchev–Trinajstić information content (AvgIpc) is 2.83. The minimum atomic E-state index is -0.241. The number of carbonyl (C=O) groups is 1. The number of nitrogens with one attached hydrogen (secondary N) is 2. The zero-order chi connectivity index (χ0) is 14.5. The summed E-state index contributed by atoms with van der Waals surface area (Å²) >= 11 is 0. The minimum absolute atomic E-state index is 0.0128. The maximum absolute atomic E-state index is 12.0. The lowest BCUT2D eigenvalue weighted by Gasteiger charge is -2.07. The van der Waals surface area contributed by atoms with Crippen molar-refractivity contribution in [3.05, 3.63) is 46.8 Å². The highest BCUT2D eigenvalue weighted by molar-refractivity contribution is 5.96. The van der Waals surface area contributed by atoms with Crippen molar-refractivity contribution in [2.75, 3.05) is 6.54 Å². The number of hydrogen-bond acceptors (Lipinski definition) is 3. The third-order valence-corrected chi connectivity index (χ3v) is 3.24. The zero-order valence-electron chi connectivity index (χ0n) is 11.7. The van der Waals surface area contributed by atoms with Gasteiger partial charge in [-0.15, -0.1) is 0 Å². The molecule has 2 aromatic rings. The lowest BCUT2D eigenvalue weighted by Crippen LogP contribution is -2.25. The van der Waals surface area contributed by atoms with Crippen molar-refractivity contribution in [2.24, 2.45) is 0 Å². The van der Waals surface area contributed by atoms with Crippen LogP contribution in [0.15, 0.2) is 24.4 Å². The van der Waals surface area contributed by atoms with Gasteiger partial charge in [0.25, 0.3) is 5.91 Å². The molecule has 106 valence electrons. The molecule has 1 aromatic heterocycles. The number of H-pyrrole nitrogens is 1. The summed E-state index contributed by atoms with van der Waals surface area (Å²) in [5, 5.41) is 19.3. The molecule has 0 aliphatic rings. The van der Waals surface area contributed by atoms with E-state index in [1.54, 1.807) is 18.2 Å². The van der Waals surface area contributed by atoms with Crippen molar-refractivity contribution < 1.29 is 9.90 Å². The molecule has 20 heavy (non-hydrogen) atoms. The van der Waals surface area contributed by atoms with E-state index in [0.29, 0.717) is 12.1 Å². The number of hydrogen-bond donors (Lipinski definition) is 3. The van der Waals surface area contributed by atoms with Crippen molar-refractivity contribution in [3.63, 3.8) is 0 Å². The van der Waals surface area contributed by atoms with Crippen LogP contribution in [0.1, 0.15) is 33.6 Å². The van der Waals surface area contributed by atoms with Crippen molar-refractivity contribution in [1.82, 2.24) is 15.5 Å². The summed E-state index contributed by atoms with van der Waals surface area (Å²) in [6, 6.07) is 5.00. The van der Waals surface area contributed by atoms with Gasteiger partial charge in [-0.25, -0.2) is 0 Å². The van der Waals surface area contributed by atoms with Gasteiger partial charge in [0.05, 0.1) is 11.8 Å². The Morgan fingerprint density at radius 2 is 2.20 bits per heavy atom. The van der Waals surface area contributed by atoms with Gasteiger partial charge in [0.1, 0.15) is 5.75 Å². The van der Waals surface area contributed by atoms with E-state index in [-0.39, 0.29) is 11.7 Å². The topological polar surface area (TPSA) is 78.0 Å². The van der Waals surface area contributed by atoms with E-state index in [1.807, 2.05) is 20.0 Å². The molecule has 1 heterocycles. The number of benzene rings is 1. The number of aryl methyl sites for hydroxylation is 3. The van der Waals surface area contributed by atoms with Crippen LogP contribution in [0.25, 0.3) is 0 Å². The number of amides is 1. The summed E-state index contributed by atoms with van der Waals surface area (Å²) in [6.07, 6.45) is 3.50. The third-order valence-electron chi connectivity index (χ3n) is 3.24. The number of nitrogens with zero attached hydrogens (tertiary/aromatic N) is 1. The predicted octanol–water partition coefficient (Wildman–Crippen LogP) is 2.09. The molecule has 0 fully saturated rings. The molecule has 0 radical (unpaired) electrons. The first-order valence-corrected chi connectivity index (χ1v) is 6.64. The van der Waals surface area contributed by atoms with Crippen LogP contribution in [0, 0.1) is 13.8 Å². The first kappa shape index (κ1) is 14.1. The molecule has 0 aliphatic heterocycles. The van der Waals surface area contributed by atoms with Gasteiger partial charge in [-0.05, 0) is 44.4 Å². The fourth-order valence-electron chi connectivity index (χ4n) is 2.04. The van der Waals surface area contributed by atoms with Crippen LogP contribution in [0.2, 0.25) is 0 Å². The van der Waals surface area contributed by atoms with Crippen LogP contribution < -0.4 is 5.32 Å². The van der Waals surface area contributed by atoms with Gasteiger partial charge in [0, 0.05) is 12.2 Å². The number of rotatable bonds is 5. The Morgan fingerprint density at radius 1 is 1.40 bits per heavy atom. The van der Waals surface area contributed by atoms with Crippen LogP contribution in [-0.2, 0) is 6.42 Å². The number of carbonyl (C=O) groups excluding carboxylic acids is 1. The largest absolute Gasteiger partial charge is 0.507 e. The van der Waals surface area contributed by atoms with Crippen molar-refractivity contribution in [1.29, 1.82) is 0 Å². The third kappa shape index (κ3) is 3.38. The fourth-order valence-corrected chi connectivity index (χ4v) is 2.04. The second-order valence-corrected chi connectivity index (χ2v) is 4.90. The molecule has 3 N–H and O–H groups in total. The Hall–Kier alpha value is -2.30. The van der Waals surface area contributed by atoms with Crippen molar-refractivity contribution >= 4 is 5.91 Å². The zero-order valence-corrected chi connectivity index (χ0v) is 11.7. The SMILES string of the molecule is Cc1ccc(O)c(C(=O)NCCCc2cn[nH]c2C)c1. The summed E-state index contributed by atoms with van der Waals surface area (Å²) in [7, 11) is 0. The summed E-state index contributed by atoms with van der Waals surface area (Å²) in [5.74, 6) is -0.228. The highest BCUT2D eigenvalue weighted by Gasteiger charge is 2.10. The van der Waals surface area contributed by atoms with Gasteiger partial charge in [-0.1, -0.05) is 11.6 Å². The number of aromatic nitrogens is 2. The van der Waals surface area contributed by atoms with Crippen molar-refractivity contribution in [2.45, 2.75) is 26.7 Å². The molecular weight excluding hydrogens is 254 g/mol. The maximum Gasteiger partial charge on any atom is 0.255 e. The normalized spacial score (nSPS) is 10.5. The van der Waals surface area contributed by atoms with E-state index in [9.17, 15) is 9.90 Å². The first-order chi connectivity index (χ1) is 9.58. The number of aromatic hydroxyl groups is 1. The lowest BCUT2D eigenvalue weighted by atomic mass is 10.1. The Kier molecular flexibility index (Phi) is 4.40. The van der Waals surface area contributed by atoms with E-state index in [2.05, 4.69) is 15.5 Å². The average molecular weight is 273 g/mol. The van der Waals surface area contributed by atoms with Crippen LogP contribution >= 0.6 is 0 Å². The van der Waals surface area contributed by atoms with Crippen LogP contribution in [-0.4, -0.2) is 27.8 Å². The molecule has 0 bridgehead atoms. The van der Waals surface area contributed by atoms with Gasteiger partial charge >= 0.3 is 0 Å². The van der Waals surface area contributed by atoms with Crippen molar-refractivity contribution in [3.8, 4) is 5.75 Å². The molecule has 1 amide bonds. The van der Waals surface area contributed by atoms with E-state index in [0.717, 1.165) is 29.7 Å². The van der Waals surface area contributed by atoms with Gasteiger partial charge in [-0.3, -0.25) is 9.89 Å². The molecule has 2 rings (SSSR count). The minimum Gasteiger partial charge on any atom is -0.507 e. The van der Waals surface area contributed by atoms with Gasteiger partial charge in [0.2, 0.25) is 0 Å². The Morgan fingerprint density at radius 3 is 2.90 bits per heavy atom. The molecule has 0 atom stereocenters. The van der Waals surface area contributed by atoms with E-state index in [1.165, 1.54) is 0 Å². The predicted molar refractivity (Wildman–Crippen MR) is 76.8 cm³/mol. The molecule has 0 saturated heterocycles. The first-order valence-electron chi connectivity index (χ1n) is 6.64. The number of phenolic OH excluding ortho intramolecular Hbond substituents is 1. The molecule has 0 aliphatic carbocycles. The molecule has 0 spiro atoms. The summed E-state index contributed by atoms with van der Waals surface area (Å²) in [4.78, 5) is 12.0. The molecular formula is C15H19N3O2. The second kappa shape index (κ2) is 6.23. The fraction of sp³-hybridized carbons (Fsp3) is 0.333. The molecule has 0 saturated carbocycles. The smallest absolute Gasteiger partial charge is 0.255 e. The molecule has 5 heteroatoms. The Balaban J connectivity index is 1.83. The highest BCUT2D eigenvalue weighted by Crippen LogP contribution is 2.17. The number of aromatic amines is 1. The molecule has 5 nitrogen and oxygen atoms in total. The van der Waals surface area contributed by atoms with E-state index < -0.39 is 0 Å². The quantitative estimate of drug-likeness (QED) is 0.730.